The van der Waals surface area contributed by atoms with Gasteiger partial charge < -0.3 is 9.79 Å². The Morgan fingerprint density at radius 3 is 2.40 bits per heavy atom. The van der Waals surface area contributed by atoms with Crippen molar-refractivity contribution in [1.82, 2.24) is 15.2 Å². The molecule has 3 N–H and O–H groups in total. The van der Waals surface area contributed by atoms with E-state index in [1.165, 1.54) is 0 Å². The van der Waals surface area contributed by atoms with Crippen molar-refractivity contribution in [3.05, 3.63) is 30.3 Å². The van der Waals surface area contributed by atoms with Crippen LogP contribution in [0.15, 0.2) is 30.3 Å². The molecular weight excluding hydrogens is 217 g/mol. The van der Waals surface area contributed by atoms with Crippen LogP contribution in [0, 0.1) is 0 Å². The number of aromatic amines is 1. The first-order valence-corrected chi connectivity index (χ1v) is 5.72. The van der Waals surface area contributed by atoms with Crippen LogP contribution in [0.1, 0.15) is 0 Å². The summed E-state index contributed by atoms with van der Waals surface area (Å²) in [6.07, 6.45) is 0. The minimum Gasteiger partial charge on any atom is -0.319 e. The molecular formula is C8H8N3O3P. The lowest BCUT2D eigenvalue weighted by Crippen LogP contribution is -2.08. The van der Waals surface area contributed by atoms with Crippen LogP contribution in [-0.4, -0.2) is 25.0 Å². The van der Waals surface area contributed by atoms with Crippen LogP contribution in [0.2, 0.25) is 0 Å². The Morgan fingerprint density at radius 2 is 1.87 bits per heavy atom. The Bertz CT molecular complexity index is 505. The highest BCUT2D eigenvalue weighted by molar-refractivity contribution is 7.59. The highest BCUT2D eigenvalue weighted by atomic mass is 31.2. The molecule has 0 atom stereocenters. The Morgan fingerprint density at radius 1 is 1.20 bits per heavy atom. The van der Waals surface area contributed by atoms with E-state index in [1.54, 1.807) is 24.3 Å². The SMILES string of the molecule is O=P(O)(O)c1nc(-c2ccccc2)n[nH]1. The second-order valence-electron chi connectivity index (χ2n) is 2.89. The summed E-state index contributed by atoms with van der Waals surface area (Å²) >= 11 is 0. The predicted molar refractivity (Wildman–Crippen MR) is 53.5 cm³/mol. The summed E-state index contributed by atoms with van der Waals surface area (Å²) in [4.78, 5) is 21.4. The third kappa shape index (κ3) is 2.12. The smallest absolute Gasteiger partial charge is 0.319 e. The van der Waals surface area contributed by atoms with Gasteiger partial charge in [-0.2, -0.15) is 10.1 Å². The Hall–Kier alpha value is -1.49. The van der Waals surface area contributed by atoms with Crippen LogP contribution in [0.4, 0.5) is 0 Å². The highest BCUT2D eigenvalue weighted by Crippen LogP contribution is 2.31. The van der Waals surface area contributed by atoms with Crippen molar-refractivity contribution < 1.29 is 14.4 Å². The molecule has 0 aliphatic heterocycles. The first-order valence-electron chi connectivity index (χ1n) is 4.11. The molecule has 0 amide bonds. The van der Waals surface area contributed by atoms with Gasteiger partial charge in [-0.25, -0.2) is 0 Å². The standard InChI is InChI=1S/C8H8N3O3P/c12-15(13,14)8-9-7(10-11-8)6-4-2-1-3-5-6/h1-5H,(H,9,10,11)(H2,12,13,14). The maximum atomic E-state index is 10.8. The summed E-state index contributed by atoms with van der Waals surface area (Å²) in [5.41, 5.74) is 0.287. The molecule has 7 heteroatoms. The number of nitrogens with zero attached hydrogens (tertiary/aromatic N) is 2. The third-order valence-corrected chi connectivity index (χ3v) is 2.53. The van der Waals surface area contributed by atoms with Crippen molar-refractivity contribution in [3.8, 4) is 11.4 Å². The molecule has 15 heavy (non-hydrogen) atoms. The van der Waals surface area contributed by atoms with Crippen molar-refractivity contribution in [2.45, 2.75) is 0 Å². The Kier molecular flexibility index (Phi) is 2.40. The normalized spacial score (nSPS) is 11.6. The van der Waals surface area contributed by atoms with Crippen LogP contribution in [-0.2, 0) is 4.57 Å². The van der Waals surface area contributed by atoms with Crippen LogP contribution in [0.25, 0.3) is 11.4 Å². The minimum absolute atomic E-state index is 0.272. The maximum absolute atomic E-state index is 10.8. The molecule has 1 heterocycles. The zero-order chi connectivity index (χ0) is 10.9. The van der Waals surface area contributed by atoms with E-state index in [2.05, 4.69) is 15.2 Å². The third-order valence-electron chi connectivity index (χ3n) is 1.78. The van der Waals surface area contributed by atoms with Gasteiger partial charge in [0.15, 0.2) is 5.82 Å². The van der Waals surface area contributed by atoms with Gasteiger partial charge in [-0.05, 0) is 0 Å². The number of hydrogen-bond acceptors (Lipinski definition) is 3. The van der Waals surface area contributed by atoms with E-state index >= 15 is 0 Å². The van der Waals surface area contributed by atoms with Gasteiger partial charge in [-0.15, -0.1) is 0 Å². The van der Waals surface area contributed by atoms with Crippen molar-refractivity contribution in [1.29, 1.82) is 0 Å². The molecule has 1 aromatic heterocycles. The second kappa shape index (κ2) is 3.58. The molecule has 0 saturated heterocycles. The van der Waals surface area contributed by atoms with Gasteiger partial charge in [0.1, 0.15) is 0 Å². The van der Waals surface area contributed by atoms with E-state index in [9.17, 15) is 4.57 Å². The lowest BCUT2D eigenvalue weighted by atomic mass is 10.2. The molecule has 0 spiro atoms. The molecule has 2 rings (SSSR count). The summed E-state index contributed by atoms with van der Waals surface area (Å²) < 4.78 is 10.8. The fourth-order valence-electron chi connectivity index (χ4n) is 1.10. The lowest BCUT2D eigenvalue weighted by molar-refractivity contribution is 0.385. The van der Waals surface area contributed by atoms with E-state index < -0.39 is 13.2 Å². The molecule has 0 aliphatic rings. The van der Waals surface area contributed by atoms with E-state index in [4.69, 9.17) is 9.79 Å². The van der Waals surface area contributed by atoms with Gasteiger partial charge in [0.25, 0.3) is 0 Å². The van der Waals surface area contributed by atoms with Crippen LogP contribution < -0.4 is 5.57 Å². The van der Waals surface area contributed by atoms with Gasteiger partial charge in [-0.1, -0.05) is 30.3 Å². The largest absolute Gasteiger partial charge is 0.392 e. The Balaban J connectivity index is 2.41. The quantitative estimate of drug-likeness (QED) is 0.637. The van der Waals surface area contributed by atoms with Crippen molar-refractivity contribution in [2.24, 2.45) is 0 Å². The van der Waals surface area contributed by atoms with Crippen LogP contribution >= 0.6 is 7.60 Å². The number of rotatable bonds is 2. The molecule has 6 nitrogen and oxygen atoms in total. The number of benzene rings is 1. The van der Waals surface area contributed by atoms with Crippen LogP contribution in [0.3, 0.4) is 0 Å². The zero-order valence-corrected chi connectivity index (χ0v) is 8.43. The lowest BCUT2D eigenvalue weighted by Gasteiger charge is -1.95. The molecule has 1 aromatic carbocycles. The molecule has 0 aliphatic carbocycles. The molecule has 0 saturated carbocycles. The second-order valence-corrected chi connectivity index (χ2v) is 4.40. The van der Waals surface area contributed by atoms with Crippen molar-refractivity contribution in [3.63, 3.8) is 0 Å². The Labute approximate surface area is 85.2 Å². The van der Waals surface area contributed by atoms with Gasteiger partial charge in [0, 0.05) is 5.56 Å². The minimum atomic E-state index is -4.35. The zero-order valence-electron chi connectivity index (χ0n) is 7.53. The first kappa shape index (κ1) is 10.0. The van der Waals surface area contributed by atoms with E-state index in [0.29, 0.717) is 5.56 Å². The van der Waals surface area contributed by atoms with Crippen molar-refractivity contribution in [2.75, 3.05) is 0 Å². The van der Waals surface area contributed by atoms with E-state index in [-0.39, 0.29) is 5.82 Å². The van der Waals surface area contributed by atoms with Crippen LogP contribution in [0.5, 0.6) is 0 Å². The van der Waals surface area contributed by atoms with E-state index in [0.717, 1.165) is 0 Å². The summed E-state index contributed by atoms with van der Waals surface area (Å²) in [7, 11) is -4.35. The average molecular weight is 225 g/mol. The monoisotopic (exact) mass is 225 g/mol. The molecule has 78 valence electrons. The van der Waals surface area contributed by atoms with E-state index in [1.807, 2.05) is 6.07 Å². The maximum Gasteiger partial charge on any atom is 0.392 e. The number of nitrogens with one attached hydrogen (secondary N) is 1. The van der Waals surface area contributed by atoms with Gasteiger partial charge in [0.2, 0.25) is 5.57 Å². The number of H-pyrrole nitrogens is 1. The number of hydrogen-bond donors (Lipinski definition) is 3. The number of aromatic nitrogens is 3. The molecule has 0 unspecified atom stereocenters. The topological polar surface area (TPSA) is 99.1 Å². The van der Waals surface area contributed by atoms with Crippen molar-refractivity contribution >= 4 is 13.2 Å². The molecule has 0 radical (unpaired) electrons. The summed E-state index contributed by atoms with van der Waals surface area (Å²) in [6.45, 7) is 0. The fourth-order valence-corrected chi connectivity index (χ4v) is 1.51. The molecule has 0 bridgehead atoms. The van der Waals surface area contributed by atoms with Gasteiger partial charge >= 0.3 is 7.60 Å². The first-order chi connectivity index (χ1) is 7.07. The van der Waals surface area contributed by atoms with Gasteiger partial charge in [0.05, 0.1) is 0 Å². The summed E-state index contributed by atoms with van der Waals surface area (Å²) in [5.74, 6) is 0.272. The molecule has 0 fully saturated rings. The highest BCUT2D eigenvalue weighted by Gasteiger charge is 2.22. The molecule has 2 aromatic rings. The summed E-state index contributed by atoms with van der Waals surface area (Å²) in [6, 6.07) is 8.94. The fraction of sp³-hybridized carbons (Fsp3) is 0. The van der Waals surface area contributed by atoms with Gasteiger partial charge in [-0.3, -0.25) is 9.66 Å². The summed E-state index contributed by atoms with van der Waals surface area (Å²) in [5, 5.41) is 5.94. The average Bonchev–Trinajstić information content (AvgIpc) is 2.67. The predicted octanol–water partition coefficient (Wildman–Crippen LogP) is 0.275.